The van der Waals surface area contributed by atoms with E-state index in [-0.39, 0.29) is 11.7 Å². The Labute approximate surface area is 173 Å². The maximum absolute atomic E-state index is 13.3. The van der Waals surface area contributed by atoms with Gasteiger partial charge in [-0.3, -0.25) is 4.79 Å². The van der Waals surface area contributed by atoms with E-state index in [2.05, 4.69) is 20.3 Å². The van der Waals surface area contributed by atoms with Gasteiger partial charge >= 0.3 is 0 Å². The second kappa shape index (κ2) is 7.87. The van der Waals surface area contributed by atoms with Crippen molar-refractivity contribution in [1.82, 2.24) is 14.8 Å². The number of nitrogens with zero attached hydrogens (tertiary/aromatic N) is 4. The smallest absolute Gasteiger partial charge is 0.276 e. The van der Waals surface area contributed by atoms with E-state index in [1.807, 2.05) is 12.1 Å². The van der Waals surface area contributed by atoms with Crippen molar-refractivity contribution in [3.05, 3.63) is 65.4 Å². The molecule has 1 aliphatic carbocycles. The first kappa shape index (κ1) is 18.7. The number of aromatic nitrogens is 3. The van der Waals surface area contributed by atoms with Crippen LogP contribution in [0.15, 0.2) is 42.6 Å². The first-order chi connectivity index (χ1) is 14.7. The van der Waals surface area contributed by atoms with E-state index in [4.69, 9.17) is 4.74 Å². The molecule has 1 saturated heterocycles. The van der Waals surface area contributed by atoms with E-state index in [9.17, 15) is 9.18 Å². The quantitative estimate of drug-likeness (QED) is 0.720. The van der Waals surface area contributed by atoms with Gasteiger partial charge in [-0.05, 0) is 55.7 Å². The molecule has 3 aromatic rings. The van der Waals surface area contributed by atoms with Crippen LogP contribution in [0.25, 0.3) is 5.69 Å². The number of hydrogen-bond acceptors (Lipinski definition) is 5. The second-order valence-corrected chi connectivity index (χ2v) is 7.47. The Morgan fingerprint density at radius 3 is 2.60 bits per heavy atom. The fraction of sp³-hybridized carbons (Fsp3) is 0.318. The number of amides is 1. The maximum Gasteiger partial charge on any atom is 0.276 e. The van der Waals surface area contributed by atoms with E-state index in [0.717, 1.165) is 55.1 Å². The lowest BCUT2D eigenvalue weighted by atomic mass is 10.2. The molecule has 1 amide bonds. The molecule has 1 aromatic carbocycles. The number of morpholine rings is 1. The van der Waals surface area contributed by atoms with Crippen molar-refractivity contribution in [2.24, 2.45) is 0 Å². The van der Waals surface area contributed by atoms with Crippen LogP contribution < -0.4 is 10.2 Å². The molecule has 0 saturated carbocycles. The Bertz CT molecular complexity index is 1060. The summed E-state index contributed by atoms with van der Waals surface area (Å²) in [5.74, 6) is 0.321. The lowest BCUT2D eigenvalue weighted by Gasteiger charge is -2.27. The molecule has 8 heteroatoms. The summed E-state index contributed by atoms with van der Waals surface area (Å²) >= 11 is 0. The number of carbonyl (C=O) groups is 1. The molecule has 0 atom stereocenters. The van der Waals surface area contributed by atoms with Crippen LogP contribution in [-0.4, -0.2) is 47.0 Å². The molecule has 1 N–H and O–H groups in total. The molecule has 1 aliphatic heterocycles. The minimum absolute atomic E-state index is 0.255. The third-order valence-electron chi connectivity index (χ3n) is 5.56. The van der Waals surface area contributed by atoms with E-state index in [1.54, 1.807) is 23.0 Å². The highest BCUT2D eigenvalue weighted by Crippen LogP contribution is 2.28. The summed E-state index contributed by atoms with van der Waals surface area (Å²) < 4.78 is 20.4. The summed E-state index contributed by atoms with van der Waals surface area (Å²) in [5, 5.41) is 7.47. The highest BCUT2D eigenvalue weighted by molar-refractivity contribution is 6.04. The van der Waals surface area contributed by atoms with Crippen molar-refractivity contribution in [3.8, 4) is 5.69 Å². The van der Waals surface area contributed by atoms with Gasteiger partial charge in [-0.25, -0.2) is 14.1 Å². The Morgan fingerprint density at radius 2 is 1.87 bits per heavy atom. The third-order valence-corrected chi connectivity index (χ3v) is 5.56. The van der Waals surface area contributed by atoms with Crippen LogP contribution in [0.5, 0.6) is 0 Å². The lowest BCUT2D eigenvalue weighted by Crippen LogP contribution is -2.36. The van der Waals surface area contributed by atoms with Gasteiger partial charge in [0.05, 0.1) is 30.8 Å². The minimum atomic E-state index is -0.298. The fourth-order valence-corrected chi connectivity index (χ4v) is 4.05. The van der Waals surface area contributed by atoms with Gasteiger partial charge < -0.3 is 15.0 Å². The average Bonchev–Trinajstić information content (AvgIpc) is 3.39. The van der Waals surface area contributed by atoms with Gasteiger partial charge in [-0.2, -0.15) is 5.10 Å². The molecule has 0 radical (unpaired) electrons. The van der Waals surface area contributed by atoms with Crippen LogP contribution in [0.3, 0.4) is 0 Å². The van der Waals surface area contributed by atoms with Crippen LogP contribution in [-0.2, 0) is 17.6 Å². The highest BCUT2D eigenvalue weighted by atomic mass is 19.1. The van der Waals surface area contributed by atoms with Crippen LogP contribution in [0.4, 0.5) is 15.9 Å². The monoisotopic (exact) mass is 407 g/mol. The van der Waals surface area contributed by atoms with Gasteiger partial charge in [0.2, 0.25) is 0 Å². The van der Waals surface area contributed by atoms with Gasteiger partial charge in [-0.1, -0.05) is 0 Å². The van der Waals surface area contributed by atoms with E-state index >= 15 is 0 Å². The number of carbonyl (C=O) groups excluding carboxylic acids is 1. The van der Waals surface area contributed by atoms with Gasteiger partial charge in [0, 0.05) is 24.3 Å². The fourth-order valence-electron chi connectivity index (χ4n) is 4.05. The topological polar surface area (TPSA) is 72.3 Å². The van der Waals surface area contributed by atoms with Crippen molar-refractivity contribution in [2.75, 3.05) is 36.5 Å². The third kappa shape index (κ3) is 3.54. The molecular formula is C22H22FN5O2. The largest absolute Gasteiger partial charge is 0.378 e. The van der Waals surface area contributed by atoms with Crippen LogP contribution in [0, 0.1) is 5.82 Å². The first-order valence-corrected chi connectivity index (χ1v) is 10.2. The van der Waals surface area contributed by atoms with Crippen molar-refractivity contribution in [3.63, 3.8) is 0 Å². The van der Waals surface area contributed by atoms with Crippen molar-refractivity contribution in [1.29, 1.82) is 0 Å². The zero-order valence-electron chi connectivity index (χ0n) is 16.5. The SMILES string of the molecule is O=C(Nc1ccc(N2CCOCC2)nc1)c1nn(-c2ccc(F)cc2)c2c1CCC2. The Balaban J connectivity index is 1.36. The molecule has 5 rings (SSSR count). The number of fused-ring (bicyclic) bond motifs is 1. The molecule has 3 heterocycles. The molecule has 0 spiro atoms. The van der Waals surface area contributed by atoms with Crippen LogP contribution in [0.2, 0.25) is 0 Å². The van der Waals surface area contributed by atoms with Gasteiger partial charge in [0.25, 0.3) is 5.91 Å². The second-order valence-electron chi connectivity index (χ2n) is 7.47. The van der Waals surface area contributed by atoms with Crippen LogP contribution >= 0.6 is 0 Å². The molecule has 2 aliphatic rings. The van der Waals surface area contributed by atoms with Crippen molar-refractivity contribution >= 4 is 17.4 Å². The molecule has 0 unspecified atom stereocenters. The number of nitrogens with one attached hydrogen (secondary N) is 1. The molecule has 1 fully saturated rings. The number of halogens is 1. The van der Waals surface area contributed by atoms with E-state index in [1.165, 1.54) is 12.1 Å². The molecule has 2 aromatic heterocycles. The predicted molar refractivity (Wildman–Crippen MR) is 111 cm³/mol. The maximum atomic E-state index is 13.3. The standard InChI is InChI=1S/C22H22FN5O2/c23-15-4-7-17(8-5-15)28-19-3-1-2-18(19)21(26-28)22(29)25-16-6-9-20(24-14-16)27-10-12-30-13-11-27/h4-9,14H,1-3,10-13H2,(H,25,29). The number of benzene rings is 1. The zero-order valence-corrected chi connectivity index (χ0v) is 16.5. The van der Waals surface area contributed by atoms with Gasteiger partial charge in [-0.15, -0.1) is 0 Å². The van der Waals surface area contributed by atoms with Crippen molar-refractivity contribution < 1.29 is 13.9 Å². The summed E-state index contributed by atoms with van der Waals surface area (Å²) in [7, 11) is 0. The highest BCUT2D eigenvalue weighted by Gasteiger charge is 2.27. The lowest BCUT2D eigenvalue weighted by molar-refractivity contribution is 0.102. The average molecular weight is 407 g/mol. The van der Waals surface area contributed by atoms with E-state index in [0.29, 0.717) is 24.6 Å². The summed E-state index contributed by atoms with van der Waals surface area (Å²) in [4.78, 5) is 19.6. The predicted octanol–water partition coefficient (Wildman–Crippen LogP) is 2.98. The number of pyridine rings is 1. The summed E-state index contributed by atoms with van der Waals surface area (Å²) in [5.41, 5.74) is 3.79. The van der Waals surface area contributed by atoms with Gasteiger partial charge in [0.1, 0.15) is 11.6 Å². The number of rotatable bonds is 4. The van der Waals surface area contributed by atoms with Gasteiger partial charge in [0.15, 0.2) is 5.69 Å². The number of anilines is 2. The zero-order chi connectivity index (χ0) is 20.5. The Hall–Kier alpha value is -3.26. The molecular weight excluding hydrogens is 385 g/mol. The van der Waals surface area contributed by atoms with Crippen LogP contribution in [0.1, 0.15) is 28.2 Å². The Morgan fingerprint density at radius 1 is 1.07 bits per heavy atom. The Kier molecular flexibility index (Phi) is 4.92. The normalized spacial score (nSPS) is 15.8. The molecule has 7 nitrogen and oxygen atoms in total. The summed E-state index contributed by atoms with van der Waals surface area (Å²) in [6.45, 7) is 3.02. The van der Waals surface area contributed by atoms with Crippen molar-refractivity contribution in [2.45, 2.75) is 19.3 Å². The van der Waals surface area contributed by atoms with E-state index < -0.39 is 0 Å². The summed E-state index contributed by atoms with van der Waals surface area (Å²) in [6.07, 6.45) is 4.31. The molecule has 154 valence electrons. The molecule has 30 heavy (non-hydrogen) atoms. The number of ether oxygens (including phenoxy) is 1. The minimum Gasteiger partial charge on any atom is -0.378 e. The number of hydrogen-bond donors (Lipinski definition) is 1. The first-order valence-electron chi connectivity index (χ1n) is 10.2. The molecule has 0 bridgehead atoms. The summed E-state index contributed by atoms with van der Waals surface area (Å²) in [6, 6.07) is 9.92.